The van der Waals surface area contributed by atoms with Crippen LogP contribution in [-0.2, 0) is 11.2 Å². The lowest BCUT2D eigenvalue weighted by atomic mass is 10.0. The molecule has 0 aliphatic carbocycles. The molecule has 0 aliphatic rings. The molecule has 0 spiro atoms. The molecule has 0 bridgehead atoms. The molecule has 1 unspecified atom stereocenters. The van der Waals surface area contributed by atoms with Crippen LogP contribution >= 0.6 is 0 Å². The minimum absolute atomic E-state index is 0.336. The highest BCUT2D eigenvalue weighted by Crippen LogP contribution is 2.24. The molecule has 0 saturated carbocycles. The van der Waals surface area contributed by atoms with Gasteiger partial charge in [-0.15, -0.1) is 0 Å². The van der Waals surface area contributed by atoms with Gasteiger partial charge in [-0.2, -0.15) is 0 Å². The summed E-state index contributed by atoms with van der Waals surface area (Å²) < 4.78 is 5.30. The van der Waals surface area contributed by atoms with Crippen LogP contribution in [0.4, 0.5) is 0 Å². The maximum atomic E-state index is 11.2. The van der Waals surface area contributed by atoms with Crippen LogP contribution in [0.2, 0.25) is 0 Å². The van der Waals surface area contributed by atoms with E-state index in [9.17, 15) is 4.79 Å². The number of aliphatic hydroxyl groups excluding tert-OH is 1. The Kier molecular flexibility index (Phi) is 5.16. The van der Waals surface area contributed by atoms with Gasteiger partial charge < -0.3 is 15.2 Å². The van der Waals surface area contributed by atoms with Gasteiger partial charge in [0.2, 0.25) is 5.91 Å². The third kappa shape index (κ3) is 3.74. The Morgan fingerprint density at radius 3 is 2.39 bits per heavy atom. The lowest BCUT2D eigenvalue weighted by Gasteiger charge is -2.12. The number of carbonyl (C=O) groups is 1. The molecule has 100 valence electrons. The Labute approximate surface area is 108 Å². The van der Waals surface area contributed by atoms with Crippen molar-refractivity contribution in [3.63, 3.8) is 0 Å². The Morgan fingerprint density at radius 1 is 1.39 bits per heavy atom. The molecule has 1 aromatic rings. The summed E-state index contributed by atoms with van der Waals surface area (Å²) in [6.07, 6.45) is -0.214. The molecule has 4 heteroatoms. The summed E-state index contributed by atoms with van der Waals surface area (Å²) in [7, 11) is 1.66. The molecule has 18 heavy (non-hydrogen) atoms. The van der Waals surface area contributed by atoms with E-state index in [-0.39, 0.29) is 5.91 Å². The number of methoxy groups -OCH3 is 1. The molecular formula is C14H21NO3. The van der Waals surface area contributed by atoms with Crippen LogP contribution in [0.15, 0.2) is 12.1 Å². The Balaban J connectivity index is 2.61. The fourth-order valence-electron chi connectivity index (χ4n) is 1.98. The predicted molar refractivity (Wildman–Crippen MR) is 70.9 cm³/mol. The number of aryl methyl sites for hydroxylation is 2. The summed E-state index contributed by atoms with van der Waals surface area (Å²) in [5, 5.41) is 11.7. The highest BCUT2D eigenvalue weighted by Gasteiger charge is 2.08. The monoisotopic (exact) mass is 251 g/mol. The van der Waals surface area contributed by atoms with Crippen molar-refractivity contribution in [2.75, 3.05) is 13.7 Å². The summed E-state index contributed by atoms with van der Waals surface area (Å²) in [6, 6.07) is 4.11. The number of amides is 1. The number of nitrogens with one attached hydrogen (secondary N) is 1. The molecule has 4 nitrogen and oxygen atoms in total. The van der Waals surface area contributed by atoms with Gasteiger partial charge in [-0.3, -0.25) is 4.79 Å². The van der Waals surface area contributed by atoms with E-state index in [1.807, 2.05) is 13.8 Å². The first-order chi connectivity index (χ1) is 8.45. The Morgan fingerprint density at radius 2 is 1.94 bits per heavy atom. The van der Waals surface area contributed by atoms with E-state index in [0.29, 0.717) is 6.54 Å². The first kappa shape index (κ1) is 14.5. The molecule has 1 atom stereocenters. The van der Waals surface area contributed by atoms with Crippen molar-refractivity contribution >= 4 is 5.91 Å². The Bertz CT molecular complexity index is 404. The first-order valence-corrected chi connectivity index (χ1v) is 6.05. The van der Waals surface area contributed by atoms with Gasteiger partial charge in [0.05, 0.1) is 7.11 Å². The second kappa shape index (κ2) is 6.40. The topological polar surface area (TPSA) is 58.6 Å². The second-order valence-electron chi connectivity index (χ2n) is 4.48. The van der Waals surface area contributed by atoms with Crippen LogP contribution in [0.25, 0.3) is 0 Å². The van der Waals surface area contributed by atoms with Gasteiger partial charge >= 0.3 is 0 Å². The number of hydrogen-bond acceptors (Lipinski definition) is 3. The van der Waals surface area contributed by atoms with Gasteiger partial charge in [0, 0.05) is 6.54 Å². The second-order valence-corrected chi connectivity index (χ2v) is 4.48. The minimum Gasteiger partial charge on any atom is -0.496 e. The lowest BCUT2D eigenvalue weighted by molar-refractivity contribution is -0.128. The van der Waals surface area contributed by atoms with Crippen molar-refractivity contribution in [1.82, 2.24) is 5.32 Å². The van der Waals surface area contributed by atoms with Gasteiger partial charge in [0.15, 0.2) is 0 Å². The van der Waals surface area contributed by atoms with E-state index in [1.54, 1.807) is 7.11 Å². The number of carbonyl (C=O) groups excluding carboxylic acids is 1. The zero-order valence-corrected chi connectivity index (χ0v) is 11.4. The van der Waals surface area contributed by atoms with Crippen molar-refractivity contribution in [3.8, 4) is 5.75 Å². The first-order valence-electron chi connectivity index (χ1n) is 6.05. The van der Waals surface area contributed by atoms with Crippen LogP contribution < -0.4 is 10.1 Å². The average molecular weight is 251 g/mol. The molecule has 0 heterocycles. The standard InChI is InChI=1S/C14H21NO3/c1-9-7-12(8-10(2)13(9)18-4)5-6-15-14(17)11(3)16/h7-8,11,16H,5-6H2,1-4H3,(H,15,17). The minimum atomic E-state index is -0.954. The lowest BCUT2D eigenvalue weighted by Crippen LogP contribution is -2.33. The summed E-state index contributed by atoms with van der Waals surface area (Å²) in [5.74, 6) is 0.573. The van der Waals surface area contributed by atoms with Gasteiger partial charge in [-0.25, -0.2) is 0 Å². The van der Waals surface area contributed by atoms with Crippen molar-refractivity contribution in [1.29, 1.82) is 0 Å². The summed E-state index contributed by atoms with van der Waals surface area (Å²) in [5.41, 5.74) is 3.33. The average Bonchev–Trinajstić information content (AvgIpc) is 2.28. The molecular weight excluding hydrogens is 230 g/mol. The van der Waals surface area contributed by atoms with Gasteiger partial charge in [-0.05, 0) is 43.9 Å². The highest BCUT2D eigenvalue weighted by atomic mass is 16.5. The van der Waals surface area contributed by atoms with E-state index in [1.165, 1.54) is 6.92 Å². The third-order valence-corrected chi connectivity index (χ3v) is 2.82. The SMILES string of the molecule is COc1c(C)cc(CCNC(=O)C(C)O)cc1C. The fourth-order valence-corrected chi connectivity index (χ4v) is 1.98. The molecule has 0 aromatic heterocycles. The smallest absolute Gasteiger partial charge is 0.248 e. The zero-order chi connectivity index (χ0) is 13.7. The molecule has 0 aliphatic heterocycles. The molecule has 0 fully saturated rings. The summed E-state index contributed by atoms with van der Waals surface area (Å²) in [6.45, 7) is 5.99. The predicted octanol–water partition coefficient (Wildman–Crippen LogP) is 1.35. The van der Waals surface area contributed by atoms with Gasteiger partial charge in [0.25, 0.3) is 0 Å². The van der Waals surface area contributed by atoms with E-state index < -0.39 is 6.10 Å². The van der Waals surface area contributed by atoms with Crippen LogP contribution in [-0.4, -0.2) is 30.8 Å². The molecule has 0 radical (unpaired) electrons. The largest absolute Gasteiger partial charge is 0.496 e. The number of benzene rings is 1. The zero-order valence-electron chi connectivity index (χ0n) is 11.4. The molecule has 0 saturated heterocycles. The summed E-state index contributed by atoms with van der Waals surface area (Å²) >= 11 is 0. The number of rotatable bonds is 5. The van der Waals surface area contributed by atoms with Crippen molar-refractivity contribution in [3.05, 3.63) is 28.8 Å². The fraction of sp³-hybridized carbons (Fsp3) is 0.500. The summed E-state index contributed by atoms with van der Waals surface area (Å²) in [4.78, 5) is 11.2. The normalized spacial score (nSPS) is 12.1. The van der Waals surface area contributed by atoms with Gasteiger partial charge in [0.1, 0.15) is 11.9 Å². The van der Waals surface area contributed by atoms with E-state index in [4.69, 9.17) is 9.84 Å². The van der Waals surface area contributed by atoms with Crippen molar-refractivity contribution in [2.45, 2.75) is 33.3 Å². The maximum Gasteiger partial charge on any atom is 0.248 e. The van der Waals surface area contributed by atoms with Gasteiger partial charge in [-0.1, -0.05) is 12.1 Å². The Hall–Kier alpha value is -1.55. The molecule has 1 aromatic carbocycles. The molecule has 1 rings (SSSR count). The van der Waals surface area contributed by atoms with Crippen LogP contribution in [0, 0.1) is 13.8 Å². The van der Waals surface area contributed by atoms with Crippen LogP contribution in [0.3, 0.4) is 0 Å². The van der Waals surface area contributed by atoms with Crippen LogP contribution in [0.5, 0.6) is 5.75 Å². The number of hydrogen-bond donors (Lipinski definition) is 2. The van der Waals surface area contributed by atoms with Crippen molar-refractivity contribution < 1.29 is 14.6 Å². The highest BCUT2D eigenvalue weighted by molar-refractivity contribution is 5.79. The third-order valence-electron chi connectivity index (χ3n) is 2.82. The van der Waals surface area contributed by atoms with E-state index in [2.05, 4.69) is 17.4 Å². The number of aliphatic hydroxyl groups is 1. The quantitative estimate of drug-likeness (QED) is 0.830. The molecule has 2 N–H and O–H groups in total. The van der Waals surface area contributed by atoms with Crippen LogP contribution in [0.1, 0.15) is 23.6 Å². The molecule has 1 amide bonds. The van der Waals surface area contributed by atoms with E-state index >= 15 is 0 Å². The van der Waals surface area contributed by atoms with E-state index in [0.717, 1.165) is 28.9 Å². The van der Waals surface area contributed by atoms with Crippen molar-refractivity contribution in [2.24, 2.45) is 0 Å². The number of ether oxygens (including phenoxy) is 1. The maximum absolute atomic E-state index is 11.2.